The summed E-state index contributed by atoms with van der Waals surface area (Å²) in [4.78, 5) is 6.41. The summed E-state index contributed by atoms with van der Waals surface area (Å²) in [6, 6.07) is 0. The standard InChI is InChI=1S/C10H21N3O/c1-4-5-12-10(11)13-6-8(2)14-9(3)7-13/h8-9H,4-7H2,1-3H3,(H2,11,12)/t8-,9+. The quantitative estimate of drug-likeness (QED) is 0.529. The summed E-state index contributed by atoms with van der Waals surface area (Å²) in [6.45, 7) is 8.74. The average molecular weight is 199 g/mol. The second kappa shape index (κ2) is 5.20. The van der Waals surface area contributed by atoms with Crippen LogP contribution in [0.1, 0.15) is 27.2 Å². The molecule has 1 heterocycles. The van der Waals surface area contributed by atoms with Crippen LogP contribution in [0.25, 0.3) is 0 Å². The SMILES string of the molecule is CCCN=C(N)N1C[C@@H](C)O[C@@H](C)C1. The molecule has 0 saturated carbocycles. The fourth-order valence-electron chi connectivity index (χ4n) is 1.69. The van der Waals surface area contributed by atoms with Crippen molar-refractivity contribution in [2.75, 3.05) is 19.6 Å². The van der Waals surface area contributed by atoms with Crippen LogP contribution in [0.4, 0.5) is 0 Å². The maximum atomic E-state index is 5.88. The molecule has 82 valence electrons. The minimum atomic E-state index is 0.245. The van der Waals surface area contributed by atoms with Crippen LogP contribution in [-0.2, 0) is 4.74 Å². The largest absolute Gasteiger partial charge is 0.372 e. The minimum Gasteiger partial charge on any atom is -0.372 e. The number of morpholine rings is 1. The third-order valence-electron chi connectivity index (χ3n) is 2.24. The Bertz CT molecular complexity index is 196. The summed E-state index contributed by atoms with van der Waals surface area (Å²) in [6.07, 6.45) is 1.53. The highest BCUT2D eigenvalue weighted by molar-refractivity contribution is 5.78. The van der Waals surface area contributed by atoms with E-state index < -0.39 is 0 Å². The number of nitrogens with zero attached hydrogens (tertiary/aromatic N) is 2. The minimum absolute atomic E-state index is 0.245. The molecule has 0 radical (unpaired) electrons. The lowest BCUT2D eigenvalue weighted by molar-refractivity contribution is -0.0484. The average Bonchev–Trinajstić information content (AvgIpc) is 2.12. The number of ether oxygens (including phenoxy) is 1. The Morgan fingerprint density at radius 1 is 1.43 bits per heavy atom. The van der Waals surface area contributed by atoms with E-state index in [1.54, 1.807) is 0 Å². The lowest BCUT2D eigenvalue weighted by Gasteiger charge is -2.35. The van der Waals surface area contributed by atoms with Gasteiger partial charge in [-0.15, -0.1) is 0 Å². The van der Waals surface area contributed by atoms with Crippen molar-refractivity contribution < 1.29 is 4.74 Å². The zero-order chi connectivity index (χ0) is 10.6. The van der Waals surface area contributed by atoms with E-state index in [9.17, 15) is 0 Å². The van der Waals surface area contributed by atoms with Crippen molar-refractivity contribution in [1.29, 1.82) is 0 Å². The highest BCUT2D eigenvalue weighted by Crippen LogP contribution is 2.09. The monoisotopic (exact) mass is 199 g/mol. The molecule has 4 nitrogen and oxygen atoms in total. The molecule has 0 aromatic rings. The molecule has 14 heavy (non-hydrogen) atoms. The van der Waals surface area contributed by atoms with E-state index in [4.69, 9.17) is 10.5 Å². The summed E-state index contributed by atoms with van der Waals surface area (Å²) in [7, 11) is 0. The van der Waals surface area contributed by atoms with Gasteiger partial charge >= 0.3 is 0 Å². The molecule has 0 amide bonds. The van der Waals surface area contributed by atoms with Gasteiger partial charge in [-0.3, -0.25) is 4.99 Å². The van der Waals surface area contributed by atoms with Gasteiger partial charge in [-0.2, -0.15) is 0 Å². The highest BCUT2D eigenvalue weighted by Gasteiger charge is 2.22. The van der Waals surface area contributed by atoms with Crippen molar-refractivity contribution in [3.05, 3.63) is 0 Å². The van der Waals surface area contributed by atoms with Crippen molar-refractivity contribution >= 4 is 5.96 Å². The van der Waals surface area contributed by atoms with Crippen LogP contribution in [0, 0.1) is 0 Å². The normalized spacial score (nSPS) is 29.4. The van der Waals surface area contributed by atoms with Gasteiger partial charge < -0.3 is 15.4 Å². The molecule has 0 spiro atoms. The third-order valence-corrected chi connectivity index (χ3v) is 2.24. The molecule has 0 aromatic heterocycles. The molecular formula is C10H21N3O. The van der Waals surface area contributed by atoms with E-state index in [1.807, 2.05) is 0 Å². The first kappa shape index (κ1) is 11.3. The van der Waals surface area contributed by atoms with Gasteiger partial charge in [-0.1, -0.05) is 6.92 Å². The van der Waals surface area contributed by atoms with Gasteiger partial charge in [0.1, 0.15) is 0 Å². The maximum Gasteiger partial charge on any atom is 0.191 e. The lowest BCUT2D eigenvalue weighted by Crippen LogP contribution is -2.51. The number of nitrogens with two attached hydrogens (primary N) is 1. The van der Waals surface area contributed by atoms with E-state index in [0.717, 1.165) is 26.1 Å². The summed E-state index contributed by atoms with van der Waals surface area (Å²) < 4.78 is 5.62. The molecular weight excluding hydrogens is 178 g/mol. The first-order chi connectivity index (χ1) is 6.63. The zero-order valence-electron chi connectivity index (χ0n) is 9.36. The second-order valence-corrected chi connectivity index (χ2v) is 3.90. The second-order valence-electron chi connectivity index (χ2n) is 3.90. The van der Waals surface area contributed by atoms with Gasteiger partial charge in [-0.05, 0) is 20.3 Å². The van der Waals surface area contributed by atoms with Crippen LogP contribution in [0.5, 0.6) is 0 Å². The Morgan fingerprint density at radius 3 is 2.50 bits per heavy atom. The number of guanidine groups is 1. The smallest absolute Gasteiger partial charge is 0.191 e. The Morgan fingerprint density at radius 2 is 2.00 bits per heavy atom. The number of hydrogen-bond donors (Lipinski definition) is 1. The molecule has 0 unspecified atom stereocenters. The van der Waals surface area contributed by atoms with Crippen molar-refractivity contribution in [2.24, 2.45) is 10.7 Å². The van der Waals surface area contributed by atoms with Crippen molar-refractivity contribution in [3.63, 3.8) is 0 Å². The first-order valence-corrected chi connectivity index (χ1v) is 5.33. The summed E-state index contributed by atoms with van der Waals surface area (Å²) >= 11 is 0. The number of rotatable bonds is 2. The molecule has 1 aliphatic heterocycles. The van der Waals surface area contributed by atoms with Crippen LogP contribution in [-0.4, -0.2) is 42.7 Å². The molecule has 2 N–H and O–H groups in total. The maximum absolute atomic E-state index is 5.88. The van der Waals surface area contributed by atoms with E-state index in [1.165, 1.54) is 0 Å². The molecule has 1 fully saturated rings. The molecule has 4 heteroatoms. The van der Waals surface area contributed by atoms with Gasteiger partial charge in [0.2, 0.25) is 0 Å². The van der Waals surface area contributed by atoms with E-state index in [0.29, 0.717) is 5.96 Å². The molecule has 1 rings (SSSR count). The Labute approximate surface area is 86.1 Å². The zero-order valence-corrected chi connectivity index (χ0v) is 9.36. The predicted octanol–water partition coefficient (Wildman–Crippen LogP) is 0.820. The molecule has 0 aromatic carbocycles. The summed E-state index contributed by atoms with van der Waals surface area (Å²) in [5, 5.41) is 0. The predicted molar refractivity (Wildman–Crippen MR) is 58.4 cm³/mol. The Hall–Kier alpha value is -0.770. The van der Waals surface area contributed by atoms with Crippen LogP contribution in [0.2, 0.25) is 0 Å². The fourth-order valence-corrected chi connectivity index (χ4v) is 1.69. The molecule has 0 bridgehead atoms. The Balaban J connectivity index is 2.50. The lowest BCUT2D eigenvalue weighted by atomic mass is 10.2. The van der Waals surface area contributed by atoms with Crippen LogP contribution in [0.15, 0.2) is 4.99 Å². The van der Waals surface area contributed by atoms with Crippen LogP contribution in [0.3, 0.4) is 0 Å². The van der Waals surface area contributed by atoms with Gasteiger partial charge in [0.25, 0.3) is 0 Å². The molecule has 0 aliphatic carbocycles. The third kappa shape index (κ3) is 3.18. The van der Waals surface area contributed by atoms with Crippen LogP contribution >= 0.6 is 0 Å². The number of aliphatic imine (C=N–C) groups is 1. The van der Waals surface area contributed by atoms with Gasteiger partial charge in [0.05, 0.1) is 12.2 Å². The molecule has 1 saturated heterocycles. The summed E-state index contributed by atoms with van der Waals surface area (Å²) in [5.74, 6) is 0.661. The van der Waals surface area contributed by atoms with Crippen molar-refractivity contribution in [2.45, 2.75) is 39.4 Å². The first-order valence-electron chi connectivity index (χ1n) is 5.33. The highest BCUT2D eigenvalue weighted by atomic mass is 16.5. The van der Waals surface area contributed by atoms with Gasteiger partial charge in [-0.25, -0.2) is 0 Å². The van der Waals surface area contributed by atoms with Gasteiger partial charge in [0.15, 0.2) is 5.96 Å². The number of hydrogen-bond acceptors (Lipinski definition) is 2. The summed E-state index contributed by atoms with van der Waals surface area (Å²) in [5.41, 5.74) is 5.88. The van der Waals surface area contributed by atoms with E-state index in [2.05, 4.69) is 30.7 Å². The Kier molecular flexibility index (Phi) is 4.20. The van der Waals surface area contributed by atoms with Crippen molar-refractivity contribution in [3.8, 4) is 0 Å². The van der Waals surface area contributed by atoms with Crippen LogP contribution < -0.4 is 5.73 Å². The van der Waals surface area contributed by atoms with Gasteiger partial charge in [0, 0.05) is 19.6 Å². The van der Waals surface area contributed by atoms with E-state index in [-0.39, 0.29) is 12.2 Å². The fraction of sp³-hybridized carbons (Fsp3) is 0.900. The van der Waals surface area contributed by atoms with E-state index >= 15 is 0 Å². The molecule has 1 aliphatic rings. The van der Waals surface area contributed by atoms with Crippen molar-refractivity contribution in [1.82, 2.24) is 4.90 Å². The topological polar surface area (TPSA) is 50.8 Å². The molecule has 2 atom stereocenters.